The van der Waals surface area contributed by atoms with Gasteiger partial charge in [0.15, 0.2) is 0 Å². The Morgan fingerprint density at radius 1 is 1.38 bits per heavy atom. The molecule has 3 unspecified atom stereocenters. The van der Waals surface area contributed by atoms with Crippen LogP contribution in [-0.2, 0) is 0 Å². The molecular formula is C14H26N2. The number of hydrogen-bond donors (Lipinski definition) is 1. The second kappa shape index (κ2) is 5.83. The molecule has 1 fully saturated rings. The van der Waals surface area contributed by atoms with Gasteiger partial charge in [0.05, 0.1) is 0 Å². The quantitative estimate of drug-likeness (QED) is 0.738. The van der Waals surface area contributed by atoms with Crippen LogP contribution in [0.3, 0.4) is 0 Å². The predicted octanol–water partition coefficient (Wildman–Crippen LogP) is 2.42. The smallest absolute Gasteiger partial charge is 0.0193 e. The van der Waals surface area contributed by atoms with Gasteiger partial charge in [-0.3, -0.25) is 4.90 Å². The number of rotatable bonds is 3. The molecule has 1 heterocycles. The van der Waals surface area contributed by atoms with Gasteiger partial charge in [-0.25, -0.2) is 0 Å². The van der Waals surface area contributed by atoms with Crippen molar-refractivity contribution in [2.45, 2.75) is 51.6 Å². The monoisotopic (exact) mass is 222 g/mol. The molecule has 0 aromatic heterocycles. The lowest BCUT2D eigenvalue weighted by Crippen LogP contribution is -2.56. The van der Waals surface area contributed by atoms with E-state index in [1.165, 1.54) is 45.3 Å². The SMILES string of the molecule is CCC1CN(CC2CC=CCC2)C(C)CN1. The van der Waals surface area contributed by atoms with Crippen LogP contribution in [0.15, 0.2) is 12.2 Å². The van der Waals surface area contributed by atoms with Crippen LogP contribution in [-0.4, -0.2) is 36.6 Å². The fraction of sp³-hybridized carbons (Fsp3) is 0.857. The molecule has 0 saturated carbocycles. The molecule has 0 radical (unpaired) electrons. The van der Waals surface area contributed by atoms with Gasteiger partial charge >= 0.3 is 0 Å². The lowest BCUT2D eigenvalue weighted by atomic mass is 9.93. The van der Waals surface area contributed by atoms with E-state index in [0.29, 0.717) is 6.04 Å². The maximum Gasteiger partial charge on any atom is 0.0193 e. The molecule has 0 bridgehead atoms. The lowest BCUT2D eigenvalue weighted by Gasteiger charge is -2.40. The van der Waals surface area contributed by atoms with Gasteiger partial charge in [-0.2, -0.15) is 0 Å². The van der Waals surface area contributed by atoms with Gasteiger partial charge in [0.1, 0.15) is 0 Å². The summed E-state index contributed by atoms with van der Waals surface area (Å²) < 4.78 is 0. The maximum atomic E-state index is 3.63. The van der Waals surface area contributed by atoms with Crippen LogP contribution in [0.4, 0.5) is 0 Å². The van der Waals surface area contributed by atoms with E-state index in [2.05, 4.69) is 36.2 Å². The normalized spacial score (nSPS) is 36.5. The number of allylic oxidation sites excluding steroid dienone is 2. The fourth-order valence-electron chi connectivity index (χ4n) is 2.88. The molecule has 2 aliphatic rings. The molecule has 1 aliphatic carbocycles. The van der Waals surface area contributed by atoms with Crippen molar-refractivity contribution in [2.75, 3.05) is 19.6 Å². The Hall–Kier alpha value is -0.340. The third-order valence-electron chi connectivity index (χ3n) is 4.14. The molecule has 0 aromatic carbocycles. The summed E-state index contributed by atoms with van der Waals surface area (Å²) in [5, 5.41) is 3.63. The van der Waals surface area contributed by atoms with Crippen molar-refractivity contribution < 1.29 is 0 Å². The van der Waals surface area contributed by atoms with Gasteiger partial charge in [-0.1, -0.05) is 19.1 Å². The molecule has 0 aromatic rings. The first kappa shape index (κ1) is 12.1. The second-order valence-electron chi connectivity index (χ2n) is 5.47. The van der Waals surface area contributed by atoms with Gasteiger partial charge in [-0.15, -0.1) is 0 Å². The van der Waals surface area contributed by atoms with Crippen molar-refractivity contribution in [3.63, 3.8) is 0 Å². The Morgan fingerprint density at radius 3 is 2.94 bits per heavy atom. The molecule has 0 amide bonds. The zero-order valence-corrected chi connectivity index (χ0v) is 10.8. The Labute approximate surface area is 100 Å². The first-order valence-corrected chi connectivity index (χ1v) is 6.92. The summed E-state index contributed by atoms with van der Waals surface area (Å²) in [7, 11) is 0. The van der Waals surface area contributed by atoms with Crippen LogP contribution in [0.1, 0.15) is 39.5 Å². The van der Waals surface area contributed by atoms with E-state index in [9.17, 15) is 0 Å². The third kappa shape index (κ3) is 3.08. The molecule has 16 heavy (non-hydrogen) atoms. The minimum atomic E-state index is 0.716. The van der Waals surface area contributed by atoms with E-state index < -0.39 is 0 Å². The maximum absolute atomic E-state index is 3.63. The van der Waals surface area contributed by atoms with E-state index in [-0.39, 0.29) is 0 Å². The van der Waals surface area contributed by atoms with Crippen LogP contribution in [0.2, 0.25) is 0 Å². The highest BCUT2D eigenvalue weighted by atomic mass is 15.2. The molecule has 1 aliphatic heterocycles. The van der Waals surface area contributed by atoms with Crippen molar-refractivity contribution in [2.24, 2.45) is 5.92 Å². The van der Waals surface area contributed by atoms with Crippen molar-refractivity contribution in [1.29, 1.82) is 0 Å². The molecule has 2 rings (SSSR count). The van der Waals surface area contributed by atoms with Gasteiger partial charge in [0.2, 0.25) is 0 Å². The standard InChI is InChI=1S/C14H26N2/c1-3-14-11-16(12(2)9-15-14)10-13-7-5-4-6-8-13/h4-5,12-15H,3,6-11H2,1-2H3. The summed E-state index contributed by atoms with van der Waals surface area (Å²) in [6.07, 6.45) is 9.96. The minimum Gasteiger partial charge on any atom is -0.311 e. The summed E-state index contributed by atoms with van der Waals surface area (Å²) in [4.78, 5) is 2.70. The molecule has 2 nitrogen and oxygen atoms in total. The third-order valence-corrected chi connectivity index (χ3v) is 4.14. The zero-order valence-electron chi connectivity index (χ0n) is 10.8. The average molecular weight is 222 g/mol. The van der Waals surface area contributed by atoms with Crippen LogP contribution in [0.5, 0.6) is 0 Å². The number of piperazine rings is 1. The largest absolute Gasteiger partial charge is 0.311 e. The molecule has 0 spiro atoms. The summed E-state index contributed by atoms with van der Waals surface area (Å²) in [5.74, 6) is 0.906. The lowest BCUT2D eigenvalue weighted by molar-refractivity contribution is 0.115. The first-order chi connectivity index (χ1) is 7.79. The van der Waals surface area contributed by atoms with E-state index in [4.69, 9.17) is 0 Å². The van der Waals surface area contributed by atoms with Gasteiger partial charge < -0.3 is 5.32 Å². The Morgan fingerprint density at radius 2 is 2.25 bits per heavy atom. The topological polar surface area (TPSA) is 15.3 Å². The van der Waals surface area contributed by atoms with Crippen LogP contribution in [0.25, 0.3) is 0 Å². The Balaban J connectivity index is 1.84. The molecule has 2 heteroatoms. The Bertz CT molecular complexity index is 237. The average Bonchev–Trinajstić information content (AvgIpc) is 2.33. The van der Waals surface area contributed by atoms with E-state index in [1.807, 2.05) is 0 Å². The molecule has 1 saturated heterocycles. The van der Waals surface area contributed by atoms with Crippen molar-refractivity contribution in [3.8, 4) is 0 Å². The van der Waals surface area contributed by atoms with Crippen LogP contribution in [0, 0.1) is 5.92 Å². The van der Waals surface area contributed by atoms with E-state index in [0.717, 1.165) is 12.0 Å². The zero-order chi connectivity index (χ0) is 11.4. The van der Waals surface area contributed by atoms with Crippen molar-refractivity contribution in [3.05, 3.63) is 12.2 Å². The second-order valence-corrected chi connectivity index (χ2v) is 5.47. The van der Waals surface area contributed by atoms with Crippen molar-refractivity contribution >= 4 is 0 Å². The Kier molecular flexibility index (Phi) is 4.42. The van der Waals surface area contributed by atoms with Gasteiger partial charge in [0.25, 0.3) is 0 Å². The molecule has 1 N–H and O–H groups in total. The highest BCUT2D eigenvalue weighted by Crippen LogP contribution is 2.21. The summed E-state index contributed by atoms with van der Waals surface area (Å²) in [6, 6.07) is 1.43. The van der Waals surface area contributed by atoms with Crippen LogP contribution < -0.4 is 5.32 Å². The molecule has 92 valence electrons. The number of nitrogens with one attached hydrogen (secondary N) is 1. The van der Waals surface area contributed by atoms with E-state index in [1.54, 1.807) is 0 Å². The van der Waals surface area contributed by atoms with Crippen molar-refractivity contribution in [1.82, 2.24) is 10.2 Å². The summed E-state index contributed by atoms with van der Waals surface area (Å²) in [6.45, 7) is 8.37. The predicted molar refractivity (Wildman–Crippen MR) is 69.6 cm³/mol. The summed E-state index contributed by atoms with van der Waals surface area (Å²) >= 11 is 0. The van der Waals surface area contributed by atoms with Crippen LogP contribution >= 0.6 is 0 Å². The van der Waals surface area contributed by atoms with Gasteiger partial charge in [-0.05, 0) is 38.5 Å². The molecular weight excluding hydrogens is 196 g/mol. The number of nitrogens with zero attached hydrogens (tertiary/aromatic N) is 1. The molecule has 3 atom stereocenters. The fourth-order valence-corrected chi connectivity index (χ4v) is 2.88. The number of hydrogen-bond acceptors (Lipinski definition) is 2. The highest BCUT2D eigenvalue weighted by Gasteiger charge is 2.25. The summed E-state index contributed by atoms with van der Waals surface area (Å²) in [5.41, 5.74) is 0. The van der Waals surface area contributed by atoms with Gasteiger partial charge in [0, 0.05) is 31.7 Å². The minimum absolute atomic E-state index is 0.716. The highest BCUT2D eigenvalue weighted by molar-refractivity contribution is 4.92. The first-order valence-electron chi connectivity index (χ1n) is 6.92. The van der Waals surface area contributed by atoms with E-state index >= 15 is 0 Å².